The molecule has 2 heterocycles. The van der Waals surface area contributed by atoms with Crippen LogP contribution < -0.4 is 10.6 Å². The molecule has 2 saturated heterocycles. The molecule has 5 heteroatoms. The van der Waals surface area contributed by atoms with E-state index >= 15 is 0 Å². The number of hydrogen-bond acceptors (Lipinski definition) is 3. The Morgan fingerprint density at radius 1 is 1.40 bits per heavy atom. The number of nitrogens with one attached hydrogen (secondary N) is 2. The van der Waals surface area contributed by atoms with E-state index in [-0.39, 0.29) is 17.7 Å². The number of hydrogen-bond donors (Lipinski definition) is 2. The van der Waals surface area contributed by atoms with Crippen molar-refractivity contribution >= 4 is 11.8 Å². The highest BCUT2D eigenvalue weighted by atomic mass is 16.5. The maximum atomic E-state index is 12.2. The van der Waals surface area contributed by atoms with Gasteiger partial charge in [0.25, 0.3) is 0 Å². The van der Waals surface area contributed by atoms with Crippen molar-refractivity contribution in [2.45, 2.75) is 38.6 Å². The zero-order valence-electron chi connectivity index (χ0n) is 12.1. The van der Waals surface area contributed by atoms with Gasteiger partial charge in [0.05, 0.1) is 0 Å². The molecule has 3 fully saturated rings. The summed E-state index contributed by atoms with van der Waals surface area (Å²) in [5, 5.41) is 6.18. The van der Waals surface area contributed by atoms with E-state index in [1.807, 2.05) is 0 Å². The number of carbonyl (C=O) groups excluding carboxylic acids is 2. The highest BCUT2D eigenvalue weighted by Crippen LogP contribution is 2.41. The Bertz CT molecular complexity index is 393. The summed E-state index contributed by atoms with van der Waals surface area (Å²) in [6, 6.07) is 0.336. The zero-order valence-corrected chi connectivity index (χ0v) is 12.1. The summed E-state index contributed by atoms with van der Waals surface area (Å²) >= 11 is 0. The predicted octanol–water partition coefficient (Wildman–Crippen LogP) is 0.690. The second-order valence-corrected chi connectivity index (χ2v) is 6.55. The lowest BCUT2D eigenvalue weighted by atomic mass is 9.88. The minimum absolute atomic E-state index is 0.111. The maximum Gasteiger partial charge on any atom is 0.223 e. The molecule has 0 radical (unpaired) electrons. The Morgan fingerprint density at radius 2 is 2.15 bits per heavy atom. The molecule has 2 amide bonds. The van der Waals surface area contributed by atoms with Crippen molar-refractivity contribution in [1.82, 2.24) is 10.6 Å². The van der Waals surface area contributed by atoms with E-state index in [1.54, 1.807) is 0 Å². The normalized spacial score (nSPS) is 37.5. The van der Waals surface area contributed by atoms with E-state index in [9.17, 15) is 9.59 Å². The Hall–Kier alpha value is -1.10. The van der Waals surface area contributed by atoms with Crippen LogP contribution in [0.3, 0.4) is 0 Å². The van der Waals surface area contributed by atoms with Crippen molar-refractivity contribution in [3.8, 4) is 0 Å². The highest BCUT2D eigenvalue weighted by molar-refractivity contribution is 5.80. The van der Waals surface area contributed by atoms with Crippen LogP contribution in [-0.4, -0.2) is 37.6 Å². The zero-order chi connectivity index (χ0) is 14.1. The van der Waals surface area contributed by atoms with E-state index in [2.05, 4.69) is 17.6 Å². The van der Waals surface area contributed by atoms with Crippen LogP contribution in [0, 0.1) is 23.7 Å². The summed E-state index contributed by atoms with van der Waals surface area (Å²) in [5.41, 5.74) is 0. The van der Waals surface area contributed by atoms with Crippen molar-refractivity contribution in [2.75, 3.05) is 19.8 Å². The average molecular weight is 280 g/mol. The second kappa shape index (κ2) is 5.72. The lowest BCUT2D eigenvalue weighted by molar-refractivity contribution is -0.128. The Kier molecular flexibility index (Phi) is 3.96. The molecular formula is C15H24N2O3. The van der Waals surface area contributed by atoms with Gasteiger partial charge in [-0.05, 0) is 37.0 Å². The Labute approximate surface area is 119 Å². The van der Waals surface area contributed by atoms with Gasteiger partial charge in [-0.1, -0.05) is 6.92 Å². The van der Waals surface area contributed by atoms with Crippen molar-refractivity contribution in [1.29, 1.82) is 0 Å². The van der Waals surface area contributed by atoms with Gasteiger partial charge < -0.3 is 15.4 Å². The molecule has 112 valence electrons. The Balaban J connectivity index is 1.52. The molecule has 0 aromatic rings. The van der Waals surface area contributed by atoms with Crippen LogP contribution in [0.4, 0.5) is 0 Å². The van der Waals surface area contributed by atoms with Crippen molar-refractivity contribution in [3.63, 3.8) is 0 Å². The highest BCUT2D eigenvalue weighted by Gasteiger charge is 2.46. The van der Waals surface area contributed by atoms with E-state index in [0.29, 0.717) is 50.0 Å². The van der Waals surface area contributed by atoms with E-state index < -0.39 is 0 Å². The fraction of sp³-hybridized carbons (Fsp3) is 0.867. The van der Waals surface area contributed by atoms with Gasteiger partial charge in [0, 0.05) is 38.1 Å². The minimum Gasteiger partial charge on any atom is -0.381 e. The van der Waals surface area contributed by atoms with Gasteiger partial charge in [-0.3, -0.25) is 9.59 Å². The minimum atomic E-state index is 0.111. The molecule has 2 N–H and O–H groups in total. The van der Waals surface area contributed by atoms with Gasteiger partial charge in [-0.25, -0.2) is 0 Å². The summed E-state index contributed by atoms with van der Waals surface area (Å²) in [6.45, 7) is 4.34. The summed E-state index contributed by atoms with van der Waals surface area (Å²) < 4.78 is 5.29. The molecule has 1 aliphatic carbocycles. The molecule has 3 rings (SSSR count). The molecule has 5 nitrogen and oxygen atoms in total. The van der Waals surface area contributed by atoms with Gasteiger partial charge in [-0.2, -0.15) is 0 Å². The second-order valence-electron chi connectivity index (χ2n) is 6.55. The predicted molar refractivity (Wildman–Crippen MR) is 73.9 cm³/mol. The number of carbonyl (C=O) groups is 2. The number of ether oxygens (including phenoxy) is 1. The fourth-order valence-corrected chi connectivity index (χ4v) is 4.08. The average Bonchev–Trinajstić information content (AvgIpc) is 2.92. The van der Waals surface area contributed by atoms with Crippen molar-refractivity contribution in [3.05, 3.63) is 0 Å². The third-order valence-electron chi connectivity index (χ3n) is 5.29. The van der Waals surface area contributed by atoms with Gasteiger partial charge in [0.1, 0.15) is 0 Å². The van der Waals surface area contributed by atoms with Crippen LogP contribution in [-0.2, 0) is 14.3 Å². The molecule has 0 aromatic carbocycles. The fourth-order valence-electron chi connectivity index (χ4n) is 4.08. The van der Waals surface area contributed by atoms with Crippen LogP contribution in [0.15, 0.2) is 0 Å². The topological polar surface area (TPSA) is 67.4 Å². The number of rotatable bonds is 3. The molecule has 0 aromatic heterocycles. The summed E-state index contributed by atoms with van der Waals surface area (Å²) in [7, 11) is 0. The quantitative estimate of drug-likeness (QED) is 0.799. The first-order chi connectivity index (χ1) is 9.65. The van der Waals surface area contributed by atoms with Gasteiger partial charge in [0.15, 0.2) is 0 Å². The third-order valence-corrected chi connectivity index (χ3v) is 5.29. The monoisotopic (exact) mass is 280 g/mol. The van der Waals surface area contributed by atoms with Gasteiger partial charge in [-0.15, -0.1) is 0 Å². The molecule has 20 heavy (non-hydrogen) atoms. The maximum absolute atomic E-state index is 12.2. The first-order valence-electron chi connectivity index (χ1n) is 7.80. The molecule has 0 bridgehead atoms. The van der Waals surface area contributed by atoms with Crippen LogP contribution in [0.2, 0.25) is 0 Å². The number of fused-ring (bicyclic) bond motifs is 1. The van der Waals surface area contributed by atoms with E-state index in [0.717, 1.165) is 19.3 Å². The largest absolute Gasteiger partial charge is 0.381 e. The molecule has 0 spiro atoms. The molecular weight excluding hydrogens is 256 g/mol. The molecule has 3 aliphatic rings. The number of amides is 2. The van der Waals surface area contributed by atoms with Crippen molar-refractivity contribution < 1.29 is 14.3 Å². The summed E-state index contributed by atoms with van der Waals surface area (Å²) in [6.07, 6.45) is 3.34. The molecule has 4 atom stereocenters. The smallest absolute Gasteiger partial charge is 0.223 e. The van der Waals surface area contributed by atoms with Gasteiger partial charge >= 0.3 is 0 Å². The van der Waals surface area contributed by atoms with Crippen LogP contribution in [0.25, 0.3) is 0 Å². The first kappa shape index (κ1) is 13.9. The lowest BCUT2D eigenvalue weighted by Crippen LogP contribution is -2.39. The summed E-state index contributed by atoms with van der Waals surface area (Å²) in [4.78, 5) is 23.7. The van der Waals surface area contributed by atoms with E-state index in [4.69, 9.17) is 4.74 Å². The van der Waals surface area contributed by atoms with Gasteiger partial charge in [0.2, 0.25) is 11.8 Å². The summed E-state index contributed by atoms with van der Waals surface area (Å²) in [5.74, 6) is 1.87. The SMILES string of the molecule is C[C@H]1C[C@H]2NC(=O)C[C@H]2[C@@H]1CNC(=O)C1CCOCC1. The molecule has 1 saturated carbocycles. The molecule has 2 aliphatic heterocycles. The molecule has 0 unspecified atom stereocenters. The standard InChI is InChI=1S/C15H24N2O3/c1-9-6-13-11(7-14(18)17-13)12(9)8-16-15(19)10-2-4-20-5-3-10/h9-13H,2-8H2,1H3,(H,16,19)(H,17,18)/t9-,11-,12+,13+/m0/s1. The van der Waals surface area contributed by atoms with Crippen LogP contribution in [0.1, 0.15) is 32.6 Å². The van der Waals surface area contributed by atoms with Crippen LogP contribution in [0.5, 0.6) is 0 Å². The third kappa shape index (κ3) is 2.68. The van der Waals surface area contributed by atoms with E-state index in [1.165, 1.54) is 0 Å². The van der Waals surface area contributed by atoms with Crippen molar-refractivity contribution in [2.24, 2.45) is 23.7 Å². The lowest BCUT2D eigenvalue weighted by Gasteiger charge is -2.25. The van der Waals surface area contributed by atoms with Crippen LogP contribution >= 0.6 is 0 Å². The Morgan fingerprint density at radius 3 is 2.90 bits per heavy atom. The first-order valence-corrected chi connectivity index (χ1v) is 7.80.